The predicted molar refractivity (Wildman–Crippen MR) is 40.8 cm³/mol. The topological polar surface area (TPSA) is 93.3 Å². The van der Waals surface area contributed by atoms with Gasteiger partial charge in [-0.25, -0.2) is 0 Å². The number of nitrogens with zero attached hydrogens (tertiary/aromatic N) is 1. The molecule has 0 aromatic heterocycles. The molecule has 0 saturated carbocycles. The number of rotatable bonds is 1. The summed E-state index contributed by atoms with van der Waals surface area (Å²) in [6, 6.07) is 2.30. The second-order valence-corrected chi connectivity index (χ2v) is 2.15. The average molecular weight is 169 g/mol. The van der Waals surface area contributed by atoms with Gasteiger partial charge in [-0.15, -0.1) is 0 Å². The van der Waals surface area contributed by atoms with E-state index in [4.69, 9.17) is 20.5 Å². The second-order valence-electron chi connectivity index (χ2n) is 2.15. The summed E-state index contributed by atoms with van der Waals surface area (Å²) in [4.78, 5) is 0. The van der Waals surface area contributed by atoms with Gasteiger partial charge in [0.2, 0.25) is 0 Å². The predicted octanol–water partition coefficient (Wildman–Crippen LogP) is 0.611. The molecule has 0 heterocycles. The van der Waals surface area contributed by atoms with Crippen molar-refractivity contribution < 1.29 is 20.5 Å². The lowest BCUT2D eigenvalue weighted by Gasteiger charge is -2.00. The minimum atomic E-state index is -0.593. The van der Waals surface area contributed by atoms with Crippen LogP contribution in [-0.2, 0) is 0 Å². The Bertz CT molecular complexity index is 298. The van der Waals surface area contributed by atoms with Crippen LogP contribution in [0.1, 0.15) is 5.56 Å². The van der Waals surface area contributed by atoms with Crippen LogP contribution in [0.15, 0.2) is 17.3 Å². The van der Waals surface area contributed by atoms with Gasteiger partial charge in [0.25, 0.3) is 0 Å². The highest BCUT2D eigenvalue weighted by Crippen LogP contribution is 2.34. The van der Waals surface area contributed by atoms with Crippen molar-refractivity contribution in [3.63, 3.8) is 0 Å². The molecule has 0 aliphatic carbocycles. The van der Waals surface area contributed by atoms with Gasteiger partial charge in [0, 0.05) is 5.56 Å². The van der Waals surface area contributed by atoms with Gasteiger partial charge in [-0.3, -0.25) is 0 Å². The summed E-state index contributed by atoms with van der Waals surface area (Å²) >= 11 is 0. The van der Waals surface area contributed by atoms with Gasteiger partial charge in [0.15, 0.2) is 17.2 Å². The van der Waals surface area contributed by atoms with Crippen molar-refractivity contribution in [3.05, 3.63) is 17.7 Å². The molecule has 0 amide bonds. The third kappa shape index (κ3) is 1.39. The molecule has 0 spiro atoms. The lowest BCUT2D eigenvalue weighted by atomic mass is 10.2. The lowest BCUT2D eigenvalue weighted by molar-refractivity contribution is 0.321. The van der Waals surface area contributed by atoms with E-state index in [0.717, 1.165) is 18.3 Å². The molecular formula is C7H7NO4. The quantitative estimate of drug-likeness (QED) is 0.214. The number of benzene rings is 1. The molecule has 1 aromatic rings. The summed E-state index contributed by atoms with van der Waals surface area (Å²) in [5.41, 5.74) is 0.283. The summed E-state index contributed by atoms with van der Waals surface area (Å²) < 4.78 is 0. The van der Waals surface area contributed by atoms with Crippen LogP contribution in [0.5, 0.6) is 17.2 Å². The molecule has 5 heteroatoms. The molecule has 0 aliphatic rings. The van der Waals surface area contributed by atoms with Gasteiger partial charge >= 0.3 is 0 Å². The SMILES string of the molecule is ON=Cc1cc(O)c(O)c(O)c1. The maximum atomic E-state index is 8.95. The Hall–Kier alpha value is -1.91. The largest absolute Gasteiger partial charge is 0.504 e. The van der Waals surface area contributed by atoms with Crippen molar-refractivity contribution in [2.24, 2.45) is 5.16 Å². The molecular weight excluding hydrogens is 162 g/mol. The number of hydrogen-bond donors (Lipinski definition) is 4. The Morgan fingerprint density at radius 3 is 2.00 bits per heavy atom. The first-order valence-corrected chi connectivity index (χ1v) is 3.07. The lowest BCUT2D eigenvalue weighted by Crippen LogP contribution is -1.81. The molecule has 5 nitrogen and oxygen atoms in total. The number of phenolic OH excluding ortho intramolecular Hbond substituents is 3. The molecule has 0 bridgehead atoms. The molecule has 0 aliphatic heterocycles. The minimum Gasteiger partial charge on any atom is -0.504 e. The van der Waals surface area contributed by atoms with Crippen molar-refractivity contribution >= 4 is 6.21 Å². The fourth-order valence-corrected chi connectivity index (χ4v) is 0.767. The second kappa shape index (κ2) is 3.00. The van der Waals surface area contributed by atoms with Gasteiger partial charge in [0.1, 0.15) is 0 Å². The molecule has 0 atom stereocenters. The molecule has 12 heavy (non-hydrogen) atoms. The van der Waals surface area contributed by atoms with E-state index >= 15 is 0 Å². The third-order valence-electron chi connectivity index (χ3n) is 1.30. The van der Waals surface area contributed by atoms with Gasteiger partial charge in [0.05, 0.1) is 6.21 Å². The number of hydrogen-bond acceptors (Lipinski definition) is 5. The summed E-state index contributed by atoms with van der Waals surface area (Å²) in [5.74, 6) is -1.53. The van der Waals surface area contributed by atoms with Gasteiger partial charge in [-0.05, 0) is 12.1 Å². The van der Waals surface area contributed by atoms with Gasteiger partial charge in [-0.2, -0.15) is 0 Å². The highest BCUT2D eigenvalue weighted by molar-refractivity contribution is 5.81. The molecule has 0 saturated heterocycles. The maximum absolute atomic E-state index is 8.95. The first kappa shape index (κ1) is 8.19. The first-order chi connectivity index (χ1) is 5.65. The highest BCUT2D eigenvalue weighted by Gasteiger charge is 2.06. The van der Waals surface area contributed by atoms with Crippen molar-refractivity contribution in [2.45, 2.75) is 0 Å². The molecule has 64 valence electrons. The fourth-order valence-electron chi connectivity index (χ4n) is 0.767. The summed E-state index contributed by atoms with van der Waals surface area (Å²) in [5, 5.41) is 37.6. The summed E-state index contributed by atoms with van der Waals surface area (Å²) in [7, 11) is 0. The molecule has 1 aromatic carbocycles. The van der Waals surface area contributed by atoms with Crippen LogP contribution < -0.4 is 0 Å². The molecule has 4 N–H and O–H groups in total. The van der Waals surface area contributed by atoms with Crippen molar-refractivity contribution in [1.29, 1.82) is 0 Å². The zero-order chi connectivity index (χ0) is 9.14. The van der Waals surface area contributed by atoms with E-state index < -0.39 is 17.2 Å². The number of oxime groups is 1. The third-order valence-corrected chi connectivity index (χ3v) is 1.30. The molecule has 0 unspecified atom stereocenters. The minimum absolute atomic E-state index is 0.283. The Balaban J connectivity index is 3.21. The summed E-state index contributed by atoms with van der Waals surface area (Å²) in [6.45, 7) is 0. The Morgan fingerprint density at radius 2 is 1.58 bits per heavy atom. The molecule has 1 rings (SSSR count). The Morgan fingerprint density at radius 1 is 1.08 bits per heavy atom. The Labute approximate surface area is 67.8 Å². The van der Waals surface area contributed by atoms with E-state index in [1.165, 1.54) is 0 Å². The van der Waals surface area contributed by atoms with Crippen LogP contribution in [0.25, 0.3) is 0 Å². The summed E-state index contributed by atoms with van der Waals surface area (Å²) in [6.07, 6.45) is 1.01. The van der Waals surface area contributed by atoms with Crippen molar-refractivity contribution in [1.82, 2.24) is 0 Å². The smallest absolute Gasteiger partial charge is 0.200 e. The van der Waals surface area contributed by atoms with E-state index in [9.17, 15) is 0 Å². The van der Waals surface area contributed by atoms with E-state index in [2.05, 4.69) is 5.16 Å². The van der Waals surface area contributed by atoms with Crippen LogP contribution in [0.4, 0.5) is 0 Å². The number of aromatic hydroxyl groups is 3. The van der Waals surface area contributed by atoms with Crippen LogP contribution in [0.2, 0.25) is 0 Å². The zero-order valence-electron chi connectivity index (χ0n) is 5.97. The van der Waals surface area contributed by atoms with E-state index in [1.807, 2.05) is 0 Å². The van der Waals surface area contributed by atoms with E-state index in [-0.39, 0.29) is 5.56 Å². The average Bonchev–Trinajstić information content (AvgIpc) is 2.01. The standard InChI is InChI=1S/C7H7NO4/c9-5-1-4(3-8-12)2-6(10)7(5)11/h1-3,9-12H. The van der Waals surface area contributed by atoms with Crippen LogP contribution in [0, 0.1) is 0 Å². The molecule has 0 radical (unpaired) electrons. The fraction of sp³-hybridized carbons (Fsp3) is 0. The first-order valence-electron chi connectivity index (χ1n) is 3.07. The highest BCUT2D eigenvalue weighted by atomic mass is 16.4. The van der Waals surface area contributed by atoms with Gasteiger partial charge in [-0.1, -0.05) is 5.16 Å². The normalized spacial score (nSPS) is 10.7. The van der Waals surface area contributed by atoms with Crippen LogP contribution in [-0.4, -0.2) is 26.7 Å². The van der Waals surface area contributed by atoms with Crippen LogP contribution in [0.3, 0.4) is 0 Å². The monoisotopic (exact) mass is 169 g/mol. The van der Waals surface area contributed by atoms with E-state index in [0.29, 0.717) is 0 Å². The maximum Gasteiger partial charge on any atom is 0.200 e. The van der Waals surface area contributed by atoms with Crippen molar-refractivity contribution in [2.75, 3.05) is 0 Å². The van der Waals surface area contributed by atoms with Crippen molar-refractivity contribution in [3.8, 4) is 17.2 Å². The zero-order valence-corrected chi connectivity index (χ0v) is 5.97. The Kier molecular flexibility index (Phi) is 2.05. The van der Waals surface area contributed by atoms with Gasteiger partial charge < -0.3 is 20.5 Å². The van der Waals surface area contributed by atoms with E-state index in [1.54, 1.807) is 0 Å². The number of phenols is 3. The molecule has 0 fully saturated rings. The van der Waals surface area contributed by atoms with Crippen LogP contribution >= 0.6 is 0 Å².